The Morgan fingerprint density at radius 3 is 1.19 bits per heavy atom. The minimum atomic E-state index is -0.769. The molecule has 0 aromatic heterocycles. The van der Waals surface area contributed by atoms with E-state index in [9.17, 15) is 23.6 Å². The van der Waals surface area contributed by atoms with Gasteiger partial charge in [0.05, 0.1) is 35.5 Å². The van der Waals surface area contributed by atoms with Crippen LogP contribution in [-0.2, 0) is 0 Å². The van der Waals surface area contributed by atoms with Crippen LogP contribution in [-0.4, -0.2) is 37.1 Å². The summed E-state index contributed by atoms with van der Waals surface area (Å²) < 4.78 is 48.3. The SMILES string of the molecule is C=CCCCCCCCCCOc1ccc(C(=O)Oc2ccc(C(=O)Oc3cccc(OC(=O)c4ccc(OC(=O)c5ccc(OCCCCCCCCCCCCCCCC)c(F)c5)cc4)c3)cc2)cc1. The quantitative estimate of drug-likeness (QED) is 0.0168. The van der Waals surface area contributed by atoms with Gasteiger partial charge in [-0.25, -0.2) is 23.6 Å². The summed E-state index contributed by atoms with van der Waals surface area (Å²) in [5.74, 6) is -1.96. The highest BCUT2D eigenvalue weighted by Crippen LogP contribution is 2.25. The Labute approximate surface area is 426 Å². The summed E-state index contributed by atoms with van der Waals surface area (Å²) in [7, 11) is 0. The molecule has 0 amide bonds. The third-order valence-electron chi connectivity index (χ3n) is 12.2. The lowest BCUT2D eigenvalue weighted by Crippen LogP contribution is -2.11. The number of rotatable bonds is 35. The van der Waals surface area contributed by atoms with Crippen LogP contribution in [0.25, 0.3) is 0 Å². The third kappa shape index (κ3) is 21.3. The van der Waals surface area contributed by atoms with Crippen molar-refractivity contribution in [3.8, 4) is 34.5 Å². The monoisotopic (exact) mass is 985 g/mol. The fourth-order valence-corrected chi connectivity index (χ4v) is 7.96. The van der Waals surface area contributed by atoms with Gasteiger partial charge in [-0.05, 0) is 129 Å². The second-order valence-electron chi connectivity index (χ2n) is 18.1. The normalized spacial score (nSPS) is 10.9. The van der Waals surface area contributed by atoms with E-state index in [-0.39, 0.29) is 45.4 Å². The van der Waals surface area contributed by atoms with Gasteiger partial charge < -0.3 is 28.4 Å². The highest BCUT2D eigenvalue weighted by Gasteiger charge is 2.17. The lowest BCUT2D eigenvalue weighted by Gasteiger charge is -2.10. The van der Waals surface area contributed by atoms with Crippen molar-refractivity contribution < 1.29 is 52.0 Å². The van der Waals surface area contributed by atoms with Gasteiger partial charge in [-0.3, -0.25) is 0 Å². The molecule has 5 rings (SSSR count). The zero-order valence-corrected chi connectivity index (χ0v) is 42.2. The molecule has 0 atom stereocenters. The van der Waals surface area contributed by atoms with Gasteiger partial charge >= 0.3 is 23.9 Å². The molecule has 0 spiro atoms. The minimum Gasteiger partial charge on any atom is -0.494 e. The second-order valence-corrected chi connectivity index (χ2v) is 18.1. The Hall–Kier alpha value is -6.75. The summed E-state index contributed by atoms with van der Waals surface area (Å²) in [5, 5.41) is 0. The molecule has 5 aromatic rings. The molecule has 0 aliphatic heterocycles. The molecule has 0 aliphatic rings. The van der Waals surface area contributed by atoms with Gasteiger partial charge in [-0.2, -0.15) is 0 Å². The van der Waals surface area contributed by atoms with Crippen LogP contribution in [0.1, 0.15) is 190 Å². The van der Waals surface area contributed by atoms with Crippen LogP contribution in [0, 0.1) is 5.82 Å². The molecule has 0 heterocycles. The highest BCUT2D eigenvalue weighted by atomic mass is 19.1. The molecular formula is C61H73FO10. The number of unbranched alkanes of at least 4 members (excludes halogenated alkanes) is 20. The van der Waals surface area contributed by atoms with Crippen LogP contribution in [0.3, 0.4) is 0 Å². The maximum absolute atomic E-state index is 14.9. The molecule has 0 fully saturated rings. The number of hydrogen-bond acceptors (Lipinski definition) is 10. The van der Waals surface area contributed by atoms with Gasteiger partial charge in [0.15, 0.2) is 11.6 Å². The van der Waals surface area contributed by atoms with Crippen LogP contribution in [0.15, 0.2) is 128 Å². The van der Waals surface area contributed by atoms with E-state index in [0.29, 0.717) is 24.5 Å². The Kier molecular flexibility index (Phi) is 25.7. The second kappa shape index (κ2) is 33.0. The molecule has 0 radical (unpaired) electrons. The lowest BCUT2D eigenvalue weighted by molar-refractivity contribution is 0.0723. The number of allylic oxidation sites excluding steroid dienone is 1. The van der Waals surface area contributed by atoms with E-state index in [1.165, 1.54) is 182 Å². The number of ether oxygens (including phenoxy) is 6. The molecule has 11 heteroatoms. The summed E-state index contributed by atoms with van der Waals surface area (Å²) in [6.07, 6.45) is 28.8. The van der Waals surface area contributed by atoms with Crippen molar-refractivity contribution in [3.05, 3.63) is 156 Å². The van der Waals surface area contributed by atoms with Gasteiger partial charge in [0.1, 0.15) is 28.7 Å². The highest BCUT2D eigenvalue weighted by molar-refractivity contribution is 5.94. The van der Waals surface area contributed by atoms with E-state index in [1.54, 1.807) is 30.3 Å². The van der Waals surface area contributed by atoms with E-state index in [2.05, 4.69) is 13.5 Å². The first-order valence-corrected chi connectivity index (χ1v) is 26.2. The van der Waals surface area contributed by atoms with Crippen LogP contribution in [0.4, 0.5) is 4.39 Å². The van der Waals surface area contributed by atoms with Gasteiger partial charge in [0.2, 0.25) is 0 Å². The predicted octanol–water partition coefficient (Wildman–Crippen LogP) is 16.2. The van der Waals surface area contributed by atoms with Crippen LogP contribution in [0.5, 0.6) is 34.5 Å². The van der Waals surface area contributed by atoms with Crippen molar-refractivity contribution in [2.24, 2.45) is 0 Å². The summed E-state index contributed by atoms with van der Waals surface area (Å²) in [6, 6.07) is 28.4. The van der Waals surface area contributed by atoms with E-state index >= 15 is 0 Å². The maximum atomic E-state index is 14.9. The molecule has 0 saturated carbocycles. The van der Waals surface area contributed by atoms with E-state index in [4.69, 9.17) is 28.4 Å². The molecule has 0 aliphatic carbocycles. The van der Waals surface area contributed by atoms with Crippen LogP contribution >= 0.6 is 0 Å². The number of carbonyl (C=O) groups is 4. The zero-order valence-electron chi connectivity index (χ0n) is 42.2. The van der Waals surface area contributed by atoms with E-state index in [1.807, 2.05) is 6.08 Å². The average molecular weight is 985 g/mol. The molecule has 0 saturated heterocycles. The molecule has 0 unspecified atom stereocenters. The Balaban J connectivity index is 0.964. The van der Waals surface area contributed by atoms with Gasteiger partial charge in [0, 0.05) is 6.07 Å². The summed E-state index contributed by atoms with van der Waals surface area (Å²) in [5.41, 5.74) is 0.727. The first-order chi connectivity index (χ1) is 35.2. The first kappa shape index (κ1) is 56.2. The fourth-order valence-electron chi connectivity index (χ4n) is 7.96. The third-order valence-corrected chi connectivity index (χ3v) is 12.2. The van der Waals surface area contributed by atoms with Gasteiger partial charge in [-0.15, -0.1) is 6.58 Å². The van der Waals surface area contributed by atoms with E-state index < -0.39 is 29.7 Å². The van der Waals surface area contributed by atoms with Gasteiger partial charge in [-0.1, -0.05) is 135 Å². The molecule has 10 nitrogen and oxygen atoms in total. The Morgan fingerprint density at radius 2 is 0.764 bits per heavy atom. The molecule has 0 N–H and O–H groups in total. The summed E-state index contributed by atoms with van der Waals surface area (Å²) in [4.78, 5) is 51.6. The van der Waals surface area contributed by atoms with Crippen molar-refractivity contribution >= 4 is 23.9 Å². The van der Waals surface area contributed by atoms with Crippen molar-refractivity contribution in [3.63, 3.8) is 0 Å². The number of carbonyl (C=O) groups excluding carboxylic acids is 4. The number of hydrogen-bond donors (Lipinski definition) is 0. The van der Waals surface area contributed by atoms with Crippen molar-refractivity contribution in [1.82, 2.24) is 0 Å². The lowest BCUT2D eigenvalue weighted by atomic mass is 10.0. The topological polar surface area (TPSA) is 124 Å². The molecule has 72 heavy (non-hydrogen) atoms. The number of halogens is 1. The Bertz CT molecular complexity index is 2390. The van der Waals surface area contributed by atoms with Crippen molar-refractivity contribution in [2.75, 3.05) is 13.2 Å². The maximum Gasteiger partial charge on any atom is 0.343 e. The zero-order chi connectivity index (χ0) is 51.0. The molecule has 0 bridgehead atoms. The standard InChI is InChI=1S/C61H73FO10/c1-3-5-7-9-11-13-14-15-16-17-19-21-23-25-44-68-57-42-35-50(45-56(57)62)61(66)70-53-40-33-49(34-41-53)60(65)72-55-28-26-27-54(46-55)71-59(64)48-31-38-52(39-32-48)69-58(63)47-29-36-51(37-30-47)67-43-24-22-20-18-12-10-8-6-4-2/h4,26-42,45-46H,2-3,5-25,43-44H2,1H3. The van der Waals surface area contributed by atoms with Crippen LogP contribution in [0.2, 0.25) is 0 Å². The minimum absolute atomic E-state index is 0.0136. The van der Waals surface area contributed by atoms with E-state index in [0.717, 1.165) is 44.6 Å². The number of esters is 4. The molecule has 384 valence electrons. The summed E-state index contributed by atoms with van der Waals surface area (Å²) in [6.45, 7) is 7.03. The summed E-state index contributed by atoms with van der Waals surface area (Å²) >= 11 is 0. The molecular weight excluding hydrogens is 912 g/mol. The first-order valence-electron chi connectivity index (χ1n) is 26.2. The fraction of sp³-hybridized carbons (Fsp3) is 0.410. The average Bonchev–Trinajstić information content (AvgIpc) is 3.39. The number of benzene rings is 5. The predicted molar refractivity (Wildman–Crippen MR) is 280 cm³/mol. The Morgan fingerprint density at radius 1 is 0.403 bits per heavy atom. The smallest absolute Gasteiger partial charge is 0.343 e. The van der Waals surface area contributed by atoms with Crippen molar-refractivity contribution in [2.45, 2.75) is 148 Å². The van der Waals surface area contributed by atoms with Crippen molar-refractivity contribution in [1.29, 1.82) is 0 Å². The van der Waals surface area contributed by atoms with Crippen LogP contribution < -0.4 is 28.4 Å². The molecule has 5 aromatic carbocycles. The largest absolute Gasteiger partial charge is 0.494 e. The van der Waals surface area contributed by atoms with Gasteiger partial charge in [0.25, 0.3) is 0 Å².